The van der Waals surface area contributed by atoms with Gasteiger partial charge >= 0.3 is 5.97 Å². The maximum atomic E-state index is 12.5. The summed E-state index contributed by atoms with van der Waals surface area (Å²) in [7, 11) is 0. The summed E-state index contributed by atoms with van der Waals surface area (Å²) < 4.78 is 5.47. The summed E-state index contributed by atoms with van der Waals surface area (Å²) in [5, 5.41) is 23.3. The Labute approximate surface area is 431 Å². The van der Waals surface area contributed by atoms with Crippen LogP contribution in [0, 0.1) is 0 Å². The smallest absolute Gasteiger partial charge is 0.305 e. The van der Waals surface area contributed by atoms with E-state index < -0.39 is 12.1 Å². The average Bonchev–Trinajstić information content (AvgIpc) is 3.35. The largest absolute Gasteiger partial charge is 0.466 e. The van der Waals surface area contributed by atoms with Crippen molar-refractivity contribution in [2.75, 3.05) is 13.2 Å². The highest BCUT2D eigenvalue weighted by Crippen LogP contribution is 2.18. The fourth-order valence-electron chi connectivity index (χ4n) is 9.69. The molecule has 0 heterocycles. The van der Waals surface area contributed by atoms with Crippen LogP contribution in [0.5, 0.6) is 0 Å². The standard InChI is InChI=1S/C63H121NO5/c1-3-5-7-9-11-13-15-17-19-20-21-22-25-28-31-35-39-43-47-51-55-61(66)60(59-65)64-62(67)56-52-48-44-40-36-32-29-26-23-24-27-30-34-38-42-46-50-54-58-69-63(68)57-53-49-45-41-37-33-18-16-14-12-10-8-6-4-2/h16,18,26,29,60-61,65-66H,3-15,17,19-25,27-28,30-59H2,1-2H3,(H,64,67)/b18-16-,29-26-. The van der Waals surface area contributed by atoms with Gasteiger partial charge in [-0.2, -0.15) is 0 Å². The molecule has 69 heavy (non-hydrogen) atoms. The van der Waals surface area contributed by atoms with Crippen LogP contribution < -0.4 is 5.32 Å². The molecule has 0 aromatic rings. The number of amides is 1. The predicted molar refractivity (Wildman–Crippen MR) is 301 cm³/mol. The molecule has 3 N–H and O–H groups in total. The van der Waals surface area contributed by atoms with Crippen molar-refractivity contribution >= 4 is 11.9 Å². The number of allylic oxidation sites excluding steroid dienone is 4. The number of aliphatic hydroxyl groups excluding tert-OH is 2. The Balaban J connectivity index is 3.45. The first-order chi connectivity index (χ1) is 34.0. The highest BCUT2D eigenvalue weighted by molar-refractivity contribution is 5.76. The summed E-state index contributed by atoms with van der Waals surface area (Å²) in [5.74, 6) is -0.0514. The van der Waals surface area contributed by atoms with E-state index in [2.05, 4.69) is 43.5 Å². The Morgan fingerprint density at radius 2 is 0.681 bits per heavy atom. The second-order valence-corrected chi connectivity index (χ2v) is 21.4. The summed E-state index contributed by atoms with van der Waals surface area (Å²) in [4.78, 5) is 24.5. The molecule has 0 saturated carbocycles. The molecule has 0 spiro atoms. The molecule has 2 unspecified atom stereocenters. The van der Waals surface area contributed by atoms with Crippen LogP contribution in [0.3, 0.4) is 0 Å². The lowest BCUT2D eigenvalue weighted by Gasteiger charge is -2.22. The fraction of sp³-hybridized carbons (Fsp3) is 0.905. The molecule has 0 aliphatic heterocycles. The van der Waals surface area contributed by atoms with Crippen LogP contribution in [0.2, 0.25) is 0 Å². The van der Waals surface area contributed by atoms with Gasteiger partial charge in [0.15, 0.2) is 0 Å². The number of rotatable bonds is 58. The van der Waals surface area contributed by atoms with Crippen LogP contribution in [0.25, 0.3) is 0 Å². The number of nitrogens with one attached hydrogen (secondary N) is 1. The Hall–Kier alpha value is -1.66. The molecule has 0 saturated heterocycles. The number of hydrogen-bond donors (Lipinski definition) is 3. The van der Waals surface area contributed by atoms with Crippen LogP contribution in [-0.2, 0) is 14.3 Å². The number of esters is 1. The molecule has 0 aromatic carbocycles. The Morgan fingerprint density at radius 1 is 0.391 bits per heavy atom. The van der Waals surface area contributed by atoms with Gasteiger partial charge in [0.2, 0.25) is 5.91 Å². The van der Waals surface area contributed by atoms with Crippen molar-refractivity contribution in [3.05, 3.63) is 24.3 Å². The van der Waals surface area contributed by atoms with E-state index in [1.54, 1.807) is 0 Å². The SMILES string of the molecule is CCCCCCC/C=C\CCCCCCCC(=O)OCCCCCCCCCCC/C=C\CCCCCCCC(=O)NC(CO)C(O)CCCCCCCCCCCCCCCCCCCCCC. The van der Waals surface area contributed by atoms with Crippen LogP contribution in [0.4, 0.5) is 0 Å². The zero-order valence-corrected chi connectivity index (χ0v) is 46.6. The van der Waals surface area contributed by atoms with E-state index in [4.69, 9.17) is 4.74 Å². The fourth-order valence-corrected chi connectivity index (χ4v) is 9.69. The van der Waals surface area contributed by atoms with E-state index in [1.807, 2.05) is 0 Å². The summed E-state index contributed by atoms with van der Waals surface area (Å²) in [5.41, 5.74) is 0. The topological polar surface area (TPSA) is 95.9 Å². The van der Waals surface area contributed by atoms with Crippen molar-refractivity contribution in [2.45, 2.75) is 353 Å². The molecular weight excluding hydrogens is 851 g/mol. The number of carbonyl (C=O) groups is 2. The summed E-state index contributed by atoms with van der Waals surface area (Å²) in [6.45, 7) is 4.95. The summed E-state index contributed by atoms with van der Waals surface area (Å²) in [6.07, 6.45) is 71.8. The van der Waals surface area contributed by atoms with Gasteiger partial charge in [-0.25, -0.2) is 0 Å². The molecule has 0 bridgehead atoms. The van der Waals surface area contributed by atoms with Gasteiger partial charge in [0.1, 0.15) is 0 Å². The molecule has 0 aliphatic carbocycles. The van der Waals surface area contributed by atoms with E-state index in [1.165, 1.54) is 250 Å². The zero-order valence-electron chi connectivity index (χ0n) is 46.6. The maximum absolute atomic E-state index is 12.5. The molecular formula is C63H121NO5. The van der Waals surface area contributed by atoms with Gasteiger partial charge in [0.25, 0.3) is 0 Å². The van der Waals surface area contributed by atoms with Crippen molar-refractivity contribution in [1.82, 2.24) is 5.32 Å². The van der Waals surface area contributed by atoms with Gasteiger partial charge in [-0.15, -0.1) is 0 Å². The Bertz CT molecular complexity index is 1080. The number of unbranched alkanes of at least 4 members (excludes halogenated alkanes) is 43. The van der Waals surface area contributed by atoms with Crippen LogP contribution in [0.1, 0.15) is 341 Å². The highest BCUT2D eigenvalue weighted by atomic mass is 16.5. The van der Waals surface area contributed by atoms with Crippen LogP contribution >= 0.6 is 0 Å². The van der Waals surface area contributed by atoms with Crippen LogP contribution in [-0.4, -0.2) is 47.4 Å². The van der Waals surface area contributed by atoms with Gasteiger partial charge in [-0.05, 0) is 77.0 Å². The monoisotopic (exact) mass is 972 g/mol. The van der Waals surface area contributed by atoms with Crippen molar-refractivity contribution in [1.29, 1.82) is 0 Å². The van der Waals surface area contributed by atoms with Crippen molar-refractivity contribution in [2.24, 2.45) is 0 Å². The van der Waals surface area contributed by atoms with Gasteiger partial charge in [-0.3, -0.25) is 9.59 Å². The average molecular weight is 973 g/mol. The quantitative estimate of drug-likeness (QED) is 0.0321. The van der Waals surface area contributed by atoms with Gasteiger partial charge in [0, 0.05) is 12.8 Å². The number of ether oxygens (including phenoxy) is 1. The lowest BCUT2D eigenvalue weighted by molar-refractivity contribution is -0.143. The second kappa shape index (κ2) is 58.9. The molecule has 2 atom stereocenters. The first kappa shape index (κ1) is 67.3. The van der Waals surface area contributed by atoms with E-state index in [0.29, 0.717) is 25.9 Å². The second-order valence-electron chi connectivity index (χ2n) is 21.4. The van der Waals surface area contributed by atoms with Crippen molar-refractivity contribution in [3.63, 3.8) is 0 Å². The van der Waals surface area contributed by atoms with E-state index in [0.717, 1.165) is 57.8 Å². The third kappa shape index (κ3) is 55.5. The van der Waals surface area contributed by atoms with Gasteiger partial charge in [0.05, 0.1) is 25.4 Å². The molecule has 6 nitrogen and oxygen atoms in total. The first-order valence-corrected chi connectivity index (χ1v) is 31.1. The lowest BCUT2D eigenvalue weighted by atomic mass is 10.0. The van der Waals surface area contributed by atoms with Crippen LogP contribution in [0.15, 0.2) is 24.3 Å². The van der Waals surface area contributed by atoms with Gasteiger partial charge < -0.3 is 20.3 Å². The van der Waals surface area contributed by atoms with Gasteiger partial charge in [-0.1, -0.05) is 276 Å². The minimum Gasteiger partial charge on any atom is -0.466 e. The zero-order chi connectivity index (χ0) is 50.0. The molecule has 408 valence electrons. The number of carbonyl (C=O) groups excluding carboxylic acids is 2. The molecule has 0 radical (unpaired) electrons. The third-order valence-corrected chi connectivity index (χ3v) is 14.5. The Morgan fingerprint density at radius 3 is 1.03 bits per heavy atom. The number of hydrogen-bond acceptors (Lipinski definition) is 5. The van der Waals surface area contributed by atoms with Crippen molar-refractivity contribution in [3.8, 4) is 0 Å². The lowest BCUT2D eigenvalue weighted by Crippen LogP contribution is -2.45. The third-order valence-electron chi connectivity index (χ3n) is 14.5. The van der Waals surface area contributed by atoms with E-state index >= 15 is 0 Å². The molecule has 0 aromatic heterocycles. The molecule has 0 fully saturated rings. The summed E-state index contributed by atoms with van der Waals surface area (Å²) >= 11 is 0. The van der Waals surface area contributed by atoms with E-state index in [9.17, 15) is 19.8 Å². The van der Waals surface area contributed by atoms with E-state index in [-0.39, 0.29) is 18.5 Å². The molecule has 0 aliphatic rings. The predicted octanol–water partition coefficient (Wildman–Crippen LogP) is 19.4. The minimum absolute atomic E-state index is 0.00498. The Kier molecular flexibility index (Phi) is 57.5. The summed E-state index contributed by atoms with van der Waals surface area (Å²) in [6, 6.07) is -0.552. The molecule has 0 rings (SSSR count). The van der Waals surface area contributed by atoms with Crippen molar-refractivity contribution < 1.29 is 24.5 Å². The normalized spacial score (nSPS) is 12.7. The first-order valence-electron chi connectivity index (χ1n) is 31.1. The minimum atomic E-state index is -0.674. The highest BCUT2D eigenvalue weighted by Gasteiger charge is 2.20. The number of aliphatic hydroxyl groups is 2. The molecule has 1 amide bonds. The molecule has 6 heteroatoms. The maximum Gasteiger partial charge on any atom is 0.305 e.